The lowest BCUT2D eigenvalue weighted by molar-refractivity contribution is 0.905. The van der Waals surface area contributed by atoms with Crippen LogP contribution in [0.1, 0.15) is 6.42 Å². The molecule has 0 aliphatic rings. The van der Waals surface area contributed by atoms with Gasteiger partial charge in [-0.2, -0.15) is 5.26 Å². The first-order valence-corrected chi connectivity index (χ1v) is 4.03. The molecule has 1 heterocycles. The molecule has 0 spiro atoms. The fraction of sp³-hybridized carbons (Fsp3) is 0.333. The lowest BCUT2D eigenvalue weighted by atomic mass is 10.3. The molecule has 1 aromatic rings. The number of pyridine rings is 1. The zero-order valence-electron chi connectivity index (χ0n) is 7.57. The van der Waals surface area contributed by atoms with Gasteiger partial charge in [0.1, 0.15) is 0 Å². The lowest BCUT2D eigenvalue weighted by Gasteiger charge is -2.18. The summed E-state index contributed by atoms with van der Waals surface area (Å²) in [6.45, 7) is 0.685. The summed E-state index contributed by atoms with van der Waals surface area (Å²) in [5.41, 5.74) is 7.27. The van der Waals surface area contributed by atoms with E-state index in [9.17, 15) is 0 Å². The first-order valence-electron chi connectivity index (χ1n) is 4.03. The Balaban J connectivity index is 2.72. The lowest BCUT2D eigenvalue weighted by Crippen LogP contribution is -2.19. The van der Waals surface area contributed by atoms with E-state index in [1.54, 1.807) is 12.4 Å². The summed E-state index contributed by atoms with van der Waals surface area (Å²) in [5, 5.41) is 8.41. The zero-order chi connectivity index (χ0) is 9.68. The fourth-order valence-electron chi connectivity index (χ4n) is 1.09. The molecule has 0 aromatic carbocycles. The number of rotatable bonds is 3. The van der Waals surface area contributed by atoms with Gasteiger partial charge in [0.2, 0.25) is 0 Å². The average Bonchev–Trinajstić information content (AvgIpc) is 2.15. The summed E-state index contributed by atoms with van der Waals surface area (Å²) in [6.07, 6.45) is 3.80. The second-order valence-corrected chi connectivity index (χ2v) is 2.76. The Morgan fingerprint density at radius 1 is 1.69 bits per heavy atom. The van der Waals surface area contributed by atoms with Gasteiger partial charge in [0.25, 0.3) is 0 Å². The summed E-state index contributed by atoms with van der Waals surface area (Å²) in [5.74, 6) is 0. The van der Waals surface area contributed by atoms with Crippen LogP contribution in [0.5, 0.6) is 0 Å². The van der Waals surface area contributed by atoms with Gasteiger partial charge in [-0.15, -0.1) is 0 Å². The van der Waals surface area contributed by atoms with Crippen LogP contribution in [0.15, 0.2) is 18.5 Å². The maximum absolute atomic E-state index is 8.41. The largest absolute Gasteiger partial charge is 0.396 e. The molecule has 0 aliphatic heterocycles. The van der Waals surface area contributed by atoms with Gasteiger partial charge < -0.3 is 10.6 Å². The van der Waals surface area contributed by atoms with Crippen LogP contribution < -0.4 is 10.6 Å². The number of aromatic nitrogens is 1. The quantitative estimate of drug-likeness (QED) is 0.746. The number of hydrogen-bond acceptors (Lipinski definition) is 4. The van der Waals surface area contributed by atoms with Crippen molar-refractivity contribution in [1.29, 1.82) is 5.26 Å². The Hall–Kier alpha value is -1.76. The van der Waals surface area contributed by atoms with Crippen LogP contribution in [0.2, 0.25) is 0 Å². The molecule has 13 heavy (non-hydrogen) atoms. The molecule has 2 N–H and O–H groups in total. The van der Waals surface area contributed by atoms with Gasteiger partial charge in [-0.1, -0.05) is 0 Å². The number of nitrogens with two attached hydrogens (primary N) is 1. The molecule has 0 radical (unpaired) electrons. The van der Waals surface area contributed by atoms with Crippen molar-refractivity contribution in [2.24, 2.45) is 0 Å². The van der Waals surface area contributed by atoms with Crippen molar-refractivity contribution < 1.29 is 0 Å². The van der Waals surface area contributed by atoms with Gasteiger partial charge in [-0.3, -0.25) is 4.98 Å². The van der Waals surface area contributed by atoms with E-state index < -0.39 is 0 Å². The predicted molar refractivity (Wildman–Crippen MR) is 52.1 cm³/mol. The maximum Gasteiger partial charge on any atom is 0.0738 e. The highest BCUT2D eigenvalue weighted by atomic mass is 15.1. The average molecular weight is 176 g/mol. The van der Waals surface area contributed by atoms with E-state index in [1.165, 1.54) is 0 Å². The van der Waals surface area contributed by atoms with E-state index in [0.29, 0.717) is 18.7 Å². The Bertz CT molecular complexity index is 316. The van der Waals surface area contributed by atoms with Crippen molar-refractivity contribution in [2.45, 2.75) is 6.42 Å². The highest BCUT2D eigenvalue weighted by Gasteiger charge is 2.03. The van der Waals surface area contributed by atoms with Crippen molar-refractivity contribution in [3.05, 3.63) is 18.5 Å². The molecule has 0 aliphatic carbocycles. The van der Waals surface area contributed by atoms with Gasteiger partial charge in [0, 0.05) is 19.8 Å². The molecule has 1 rings (SSSR count). The van der Waals surface area contributed by atoms with E-state index in [2.05, 4.69) is 11.1 Å². The maximum atomic E-state index is 8.41. The standard InChI is InChI=1S/C9H12N4/c1-13(6-2-4-10)9-3-5-12-7-8(9)11/h3,5,7H,2,6,11H2,1H3. The molecule has 0 atom stereocenters. The Morgan fingerprint density at radius 3 is 3.08 bits per heavy atom. The molecule has 0 bridgehead atoms. The van der Waals surface area contributed by atoms with Crippen molar-refractivity contribution in [2.75, 3.05) is 24.2 Å². The summed E-state index contributed by atoms with van der Waals surface area (Å²) >= 11 is 0. The summed E-state index contributed by atoms with van der Waals surface area (Å²) in [4.78, 5) is 5.84. The number of hydrogen-bond donors (Lipinski definition) is 1. The number of nitrogen functional groups attached to an aromatic ring is 1. The summed E-state index contributed by atoms with van der Waals surface area (Å²) in [6, 6.07) is 3.93. The van der Waals surface area contributed by atoms with Crippen LogP contribution in [-0.4, -0.2) is 18.6 Å². The number of nitrogens with zero attached hydrogens (tertiary/aromatic N) is 3. The van der Waals surface area contributed by atoms with Gasteiger partial charge >= 0.3 is 0 Å². The first kappa shape index (κ1) is 9.33. The minimum Gasteiger partial charge on any atom is -0.396 e. The van der Waals surface area contributed by atoms with Crippen LogP contribution in [-0.2, 0) is 0 Å². The van der Waals surface area contributed by atoms with Gasteiger partial charge in [0.05, 0.1) is 30.1 Å². The van der Waals surface area contributed by atoms with Crippen LogP contribution >= 0.6 is 0 Å². The summed E-state index contributed by atoms with van der Waals surface area (Å²) < 4.78 is 0. The molecular formula is C9H12N4. The van der Waals surface area contributed by atoms with Crippen LogP contribution in [0.25, 0.3) is 0 Å². The molecule has 0 fully saturated rings. The number of nitriles is 1. The predicted octanol–water partition coefficient (Wildman–Crippen LogP) is 1.01. The van der Waals surface area contributed by atoms with Crippen molar-refractivity contribution in [1.82, 2.24) is 4.98 Å². The third kappa shape index (κ3) is 2.34. The fourth-order valence-corrected chi connectivity index (χ4v) is 1.09. The zero-order valence-corrected chi connectivity index (χ0v) is 7.57. The topological polar surface area (TPSA) is 65.9 Å². The second-order valence-electron chi connectivity index (χ2n) is 2.76. The third-order valence-corrected chi connectivity index (χ3v) is 1.80. The van der Waals surface area contributed by atoms with Crippen molar-refractivity contribution >= 4 is 11.4 Å². The molecule has 0 saturated heterocycles. The van der Waals surface area contributed by atoms with Gasteiger partial charge in [0.15, 0.2) is 0 Å². The van der Waals surface area contributed by atoms with Crippen LogP contribution in [0.4, 0.5) is 11.4 Å². The summed E-state index contributed by atoms with van der Waals surface area (Å²) in [7, 11) is 1.91. The van der Waals surface area contributed by atoms with E-state index >= 15 is 0 Å². The SMILES string of the molecule is CN(CCC#N)c1ccncc1N. The third-order valence-electron chi connectivity index (χ3n) is 1.80. The molecule has 0 amide bonds. The van der Waals surface area contributed by atoms with E-state index in [4.69, 9.17) is 11.0 Å². The highest BCUT2D eigenvalue weighted by Crippen LogP contribution is 2.19. The molecule has 68 valence electrons. The van der Waals surface area contributed by atoms with E-state index in [0.717, 1.165) is 5.69 Å². The van der Waals surface area contributed by atoms with Gasteiger partial charge in [-0.25, -0.2) is 0 Å². The Kier molecular flexibility index (Phi) is 3.09. The highest BCUT2D eigenvalue weighted by molar-refractivity contribution is 5.65. The van der Waals surface area contributed by atoms with Crippen molar-refractivity contribution in [3.63, 3.8) is 0 Å². The molecular weight excluding hydrogens is 164 g/mol. The normalized spacial score (nSPS) is 9.23. The smallest absolute Gasteiger partial charge is 0.0738 e. The van der Waals surface area contributed by atoms with Crippen LogP contribution in [0, 0.1) is 11.3 Å². The Morgan fingerprint density at radius 2 is 2.46 bits per heavy atom. The minimum absolute atomic E-state index is 0.498. The second kappa shape index (κ2) is 4.31. The van der Waals surface area contributed by atoms with E-state index in [1.807, 2.05) is 18.0 Å². The minimum atomic E-state index is 0.498. The Labute approximate surface area is 77.6 Å². The first-order chi connectivity index (χ1) is 6.25. The van der Waals surface area contributed by atoms with E-state index in [-0.39, 0.29) is 0 Å². The molecule has 0 unspecified atom stereocenters. The monoisotopic (exact) mass is 176 g/mol. The van der Waals surface area contributed by atoms with Crippen molar-refractivity contribution in [3.8, 4) is 6.07 Å². The molecule has 4 nitrogen and oxygen atoms in total. The molecule has 1 aromatic heterocycles. The number of anilines is 2. The molecule has 0 saturated carbocycles. The molecule has 4 heteroatoms. The van der Waals surface area contributed by atoms with Gasteiger partial charge in [-0.05, 0) is 6.07 Å². The van der Waals surface area contributed by atoms with Crippen LogP contribution in [0.3, 0.4) is 0 Å².